The fourth-order valence-electron chi connectivity index (χ4n) is 2.19. The number of nitrogens with one attached hydrogen (secondary N) is 1. The van der Waals surface area contributed by atoms with Crippen molar-refractivity contribution in [2.45, 2.75) is 38.8 Å². The third-order valence-corrected chi connectivity index (χ3v) is 2.97. The Kier molecular flexibility index (Phi) is 3.51. The van der Waals surface area contributed by atoms with Gasteiger partial charge in [-0.2, -0.15) is 10.2 Å². The maximum atomic E-state index is 11.4. The Hall–Kier alpha value is -1.72. The maximum absolute atomic E-state index is 11.4. The highest BCUT2D eigenvalue weighted by molar-refractivity contribution is 5.69. The summed E-state index contributed by atoms with van der Waals surface area (Å²) in [5.41, 5.74) is 9.14. The number of carbonyl (C=O) groups excluding carboxylic acids is 1. The Labute approximate surface area is 99.5 Å². The third-order valence-electron chi connectivity index (χ3n) is 2.97. The van der Waals surface area contributed by atoms with Crippen molar-refractivity contribution in [2.24, 2.45) is 5.11 Å². The average Bonchev–Trinajstić information content (AvgIpc) is 2.73. The molecule has 6 nitrogen and oxygen atoms in total. The van der Waals surface area contributed by atoms with Crippen LogP contribution in [0.3, 0.4) is 0 Å². The largest absolute Gasteiger partial charge is 0.465 e. The molecule has 0 spiro atoms. The summed E-state index contributed by atoms with van der Waals surface area (Å²) in [5.74, 6) is -0.275. The van der Waals surface area contributed by atoms with Crippen molar-refractivity contribution in [2.75, 3.05) is 6.61 Å². The van der Waals surface area contributed by atoms with Gasteiger partial charge in [0.05, 0.1) is 18.8 Å². The van der Waals surface area contributed by atoms with Gasteiger partial charge in [-0.15, -0.1) is 0 Å². The number of hydrogen-bond acceptors (Lipinski definition) is 5. The molecule has 6 heteroatoms. The van der Waals surface area contributed by atoms with Crippen molar-refractivity contribution in [3.05, 3.63) is 17.5 Å². The molecule has 0 unspecified atom stereocenters. The Morgan fingerprint density at radius 3 is 3.29 bits per heavy atom. The summed E-state index contributed by atoms with van der Waals surface area (Å²) in [4.78, 5) is 11.4. The molecular weight excluding hydrogens is 220 g/mol. The lowest BCUT2D eigenvalue weighted by Gasteiger charge is -2.18. The second-order valence-electron chi connectivity index (χ2n) is 4.05. The van der Waals surface area contributed by atoms with Crippen molar-refractivity contribution in [3.63, 3.8) is 0 Å². The van der Waals surface area contributed by atoms with Crippen LogP contribution >= 0.6 is 0 Å². The molecule has 1 aliphatic rings. The van der Waals surface area contributed by atoms with Crippen LogP contribution in [0.15, 0.2) is 11.3 Å². The SMILES string of the molecule is CCOC(=O)Cn1ncc2c1CCC[C@@H]2N=N. The van der Waals surface area contributed by atoms with Gasteiger partial charge in [0.2, 0.25) is 0 Å². The van der Waals surface area contributed by atoms with E-state index in [0.29, 0.717) is 6.61 Å². The molecule has 92 valence electrons. The van der Waals surface area contributed by atoms with E-state index in [2.05, 4.69) is 10.2 Å². The quantitative estimate of drug-likeness (QED) is 0.640. The molecule has 2 rings (SSSR count). The summed E-state index contributed by atoms with van der Waals surface area (Å²) in [5, 5.41) is 7.79. The van der Waals surface area contributed by atoms with Gasteiger partial charge in [0, 0.05) is 11.3 Å². The molecule has 0 aromatic carbocycles. The van der Waals surface area contributed by atoms with Crippen LogP contribution in [-0.2, 0) is 22.5 Å². The summed E-state index contributed by atoms with van der Waals surface area (Å²) in [6, 6.07) is -0.0882. The number of ether oxygens (including phenoxy) is 1. The van der Waals surface area contributed by atoms with E-state index in [4.69, 9.17) is 10.3 Å². The topological polar surface area (TPSA) is 80.3 Å². The molecule has 0 fully saturated rings. The zero-order chi connectivity index (χ0) is 12.3. The third kappa shape index (κ3) is 2.35. The smallest absolute Gasteiger partial charge is 0.327 e. The number of nitrogens with zero attached hydrogens (tertiary/aromatic N) is 3. The summed E-state index contributed by atoms with van der Waals surface area (Å²) in [6.07, 6.45) is 4.48. The molecular formula is C11H16N4O2. The van der Waals surface area contributed by atoms with Gasteiger partial charge in [-0.25, -0.2) is 5.53 Å². The van der Waals surface area contributed by atoms with E-state index in [-0.39, 0.29) is 18.6 Å². The van der Waals surface area contributed by atoms with Crippen LogP contribution < -0.4 is 0 Å². The van der Waals surface area contributed by atoms with E-state index in [1.165, 1.54) is 0 Å². The van der Waals surface area contributed by atoms with Crippen molar-refractivity contribution in [3.8, 4) is 0 Å². The first-order valence-electron chi connectivity index (χ1n) is 5.83. The number of carbonyl (C=O) groups is 1. The van der Waals surface area contributed by atoms with Crippen molar-refractivity contribution in [1.82, 2.24) is 9.78 Å². The lowest BCUT2D eigenvalue weighted by molar-refractivity contribution is -0.144. The molecule has 1 aromatic rings. The van der Waals surface area contributed by atoms with Gasteiger partial charge in [-0.05, 0) is 26.2 Å². The minimum atomic E-state index is -0.275. The highest BCUT2D eigenvalue weighted by atomic mass is 16.5. The van der Waals surface area contributed by atoms with Crippen LogP contribution in [0.5, 0.6) is 0 Å². The van der Waals surface area contributed by atoms with Crippen LogP contribution in [0, 0.1) is 5.53 Å². The summed E-state index contributed by atoms with van der Waals surface area (Å²) < 4.78 is 6.57. The van der Waals surface area contributed by atoms with E-state index in [1.807, 2.05) is 0 Å². The molecule has 0 saturated carbocycles. The first-order chi connectivity index (χ1) is 8.26. The van der Waals surface area contributed by atoms with E-state index in [0.717, 1.165) is 30.5 Å². The lowest BCUT2D eigenvalue weighted by atomic mass is 9.94. The highest BCUT2D eigenvalue weighted by Crippen LogP contribution is 2.32. The molecule has 0 aliphatic heterocycles. The van der Waals surface area contributed by atoms with Crippen LogP contribution in [0.2, 0.25) is 0 Å². The standard InChI is InChI=1S/C11H16N4O2/c1-2-17-11(16)7-15-10-5-3-4-9(14-12)8(10)6-13-15/h6,9,12H,2-5,7H2,1H3/t9-/m0/s1. The van der Waals surface area contributed by atoms with Crippen LogP contribution in [0.4, 0.5) is 0 Å². The molecule has 0 bridgehead atoms. The van der Waals surface area contributed by atoms with Gasteiger partial charge >= 0.3 is 5.97 Å². The predicted octanol–water partition coefficient (Wildman–Crippen LogP) is 1.85. The zero-order valence-corrected chi connectivity index (χ0v) is 9.85. The Morgan fingerprint density at radius 1 is 1.76 bits per heavy atom. The minimum Gasteiger partial charge on any atom is -0.465 e. The normalized spacial score (nSPS) is 18.5. The predicted molar refractivity (Wildman–Crippen MR) is 59.7 cm³/mol. The molecule has 1 aromatic heterocycles. The number of esters is 1. The molecule has 0 amide bonds. The molecule has 1 aliphatic carbocycles. The van der Waals surface area contributed by atoms with E-state index >= 15 is 0 Å². The fourth-order valence-corrected chi connectivity index (χ4v) is 2.19. The number of aromatic nitrogens is 2. The Morgan fingerprint density at radius 2 is 2.59 bits per heavy atom. The highest BCUT2D eigenvalue weighted by Gasteiger charge is 2.24. The second-order valence-corrected chi connectivity index (χ2v) is 4.05. The first kappa shape index (κ1) is 11.8. The van der Waals surface area contributed by atoms with Crippen LogP contribution in [-0.4, -0.2) is 22.4 Å². The van der Waals surface area contributed by atoms with Crippen LogP contribution in [0.25, 0.3) is 0 Å². The van der Waals surface area contributed by atoms with Crippen molar-refractivity contribution < 1.29 is 9.53 Å². The number of hydrogen-bond donors (Lipinski definition) is 1. The molecule has 1 N–H and O–H groups in total. The molecule has 1 atom stereocenters. The molecule has 1 heterocycles. The number of rotatable bonds is 4. The van der Waals surface area contributed by atoms with E-state index in [1.54, 1.807) is 17.8 Å². The van der Waals surface area contributed by atoms with Crippen molar-refractivity contribution >= 4 is 5.97 Å². The lowest BCUT2D eigenvalue weighted by Crippen LogP contribution is -2.18. The van der Waals surface area contributed by atoms with E-state index in [9.17, 15) is 4.79 Å². The average molecular weight is 236 g/mol. The summed E-state index contributed by atoms with van der Waals surface area (Å²) >= 11 is 0. The molecule has 17 heavy (non-hydrogen) atoms. The molecule has 0 radical (unpaired) electrons. The first-order valence-corrected chi connectivity index (χ1v) is 5.83. The van der Waals surface area contributed by atoms with Gasteiger partial charge in [-0.3, -0.25) is 9.48 Å². The monoisotopic (exact) mass is 236 g/mol. The minimum absolute atomic E-state index is 0.0882. The van der Waals surface area contributed by atoms with Gasteiger partial charge in [0.1, 0.15) is 6.54 Å². The van der Waals surface area contributed by atoms with Crippen LogP contribution in [0.1, 0.15) is 37.1 Å². The number of fused-ring (bicyclic) bond motifs is 1. The van der Waals surface area contributed by atoms with Gasteiger partial charge in [-0.1, -0.05) is 0 Å². The van der Waals surface area contributed by atoms with E-state index < -0.39 is 0 Å². The Bertz CT molecular complexity index is 427. The second kappa shape index (κ2) is 5.07. The maximum Gasteiger partial charge on any atom is 0.327 e. The summed E-state index contributed by atoms with van der Waals surface area (Å²) in [6.45, 7) is 2.31. The van der Waals surface area contributed by atoms with Gasteiger partial charge in [0.15, 0.2) is 0 Å². The summed E-state index contributed by atoms with van der Waals surface area (Å²) in [7, 11) is 0. The fraction of sp³-hybridized carbons (Fsp3) is 0.636. The van der Waals surface area contributed by atoms with Gasteiger partial charge in [0.25, 0.3) is 0 Å². The van der Waals surface area contributed by atoms with Crippen molar-refractivity contribution in [1.29, 1.82) is 5.53 Å². The Balaban J connectivity index is 2.17. The van der Waals surface area contributed by atoms with Gasteiger partial charge < -0.3 is 4.74 Å². The molecule has 0 saturated heterocycles. The zero-order valence-electron chi connectivity index (χ0n) is 9.85.